The van der Waals surface area contributed by atoms with Gasteiger partial charge in [0.1, 0.15) is 0 Å². The third-order valence-corrected chi connectivity index (χ3v) is 4.71. The van der Waals surface area contributed by atoms with E-state index in [1.807, 2.05) is 12.1 Å². The minimum absolute atomic E-state index is 0. The van der Waals surface area contributed by atoms with Gasteiger partial charge >= 0.3 is 0 Å². The molecule has 2 unspecified atom stereocenters. The smallest absolute Gasteiger partial charge is 0.251 e. The van der Waals surface area contributed by atoms with E-state index >= 15 is 0 Å². The summed E-state index contributed by atoms with van der Waals surface area (Å²) in [4.78, 5) is 35.0. The summed E-state index contributed by atoms with van der Waals surface area (Å²) in [5.41, 5.74) is 1.58. The standard InChI is InChI=1S/C18H23N3O3.ClH/c22-16-9-15(18(24)21-16)8-12-3-5-14(6-4-12)17(23)20-11-13-2-1-7-19-10-13;/h3-6,13,15,19H,1-2,7-11H2,(H,20,23)(H,21,22,24);1H. The number of carbonyl (C=O) groups excluding carboxylic acids is 3. The first-order chi connectivity index (χ1) is 11.6. The average molecular weight is 366 g/mol. The van der Waals surface area contributed by atoms with Crippen LogP contribution in [0.25, 0.3) is 0 Å². The van der Waals surface area contributed by atoms with Crippen LogP contribution in [-0.2, 0) is 16.0 Å². The number of carbonyl (C=O) groups is 3. The summed E-state index contributed by atoms with van der Waals surface area (Å²) >= 11 is 0. The maximum absolute atomic E-state index is 12.2. The predicted octanol–water partition coefficient (Wildman–Crippen LogP) is 1.04. The molecule has 0 saturated carbocycles. The minimum atomic E-state index is -0.295. The molecule has 2 atom stereocenters. The van der Waals surface area contributed by atoms with E-state index in [0.29, 0.717) is 24.4 Å². The van der Waals surface area contributed by atoms with E-state index < -0.39 is 0 Å². The summed E-state index contributed by atoms with van der Waals surface area (Å²) in [5, 5.41) is 8.64. The van der Waals surface area contributed by atoms with Crippen molar-refractivity contribution in [1.82, 2.24) is 16.0 Å². The van der Waals surface area contributed by atoms with Gasteiger partial charge in [0.2, 0.25) is 11.8 Å². The molecule has 1 aromatic rings. The van der Waals surface area contributed by atoms with Gasteiger partial charge in [0, 0.05) is 18.5 Å². The second-order valence-corrected chi connectivity index (χ2v) is 6.64. The van der Waals surface area contributed by atoms with Crippen molar-refractivity contribution in [2.24, 2.45) is 11.8 Å². The van der Waals surface area contributed by atoms with Crippen molar-refractivity contribution in [3.05, 3.63) is 35.4 Å². The number of nitrogens with one attached hydrogen (secondary N) is 3. The lowest BCUT2D eigenvalue weighted by atomic mass is 9.97. The summed E-state index contributed by atoms with van der Waals surface area (Å²) in [5.74, 6) is -0.279. The van der Waals surface area contributed by atoms with E-state index in [9.17, 15) is 14.4 Å². The molecule has 2 fully saturated rings. The molecule has 0 bridgehead atoms. The van der Waals surface area contributed by atoms with Crippen molar-refractivity contribution in [2.75, 3.05) is 19.6 Å². The SMILES string of the molecule is Cl.O=C1CC(Cc2ccc(C(=O)NCC3CCCNC3)cc2)C(=O)N1. The van der Waals surface area contributed by atoms with Gasteiger partial charge < -0.3 is 10.6 Å². The van der Waals surface area contributed by atoms with Crippen LogP contribution < -0.4 is 16.0 Å². The van der Waals surface area contributed by atoms with E-state index in [-0.39, 0.29) is 42.5 Å². The first kappa shape index (κ1) is 19.4. The quantitative estimate of drug-likeness (QED) is 0.680. The summed E-state index contributed by atoms with van der Waals surface area (Å²) in [7, 11) is 0. The van der Waals surface area contributed by atoms with E-state index in [1.165, 1.54) is 0 Å². The number of benzene rings is 1. The van der Waals surface area contributed by atoms with Gasteiger partial charge in [-0.1, -0.05) is 12.1 Å². The summed E-state index contributed by atoms with van der Waals surface area (Å²) in [6.45, 7) is 2.72. The lowest BCUT2D eigenvalue weighted by Crippen LogP contribution is -2.38. The zero-order chi connectivity index (χ0) is 16.9. The van der Waals surface area contributed by atoms with Crippen LogP contribution in [0.2, 0.25) is 0 Å². The minimum Gasteiger partial charge on any atom is -0.352 e. The maximum Gasteiger partial charge on any atom is 0.251 e. The number of hydrogen-bond acceptors (Lipinski definition) is 4. The highest BCUT2D eigenvalue weighted by atomic mass is 35.5. The van der Waals surface area contributed by atoms with Crippen LogP contribution in [0.5, 0.6) is 0 Å². The van der Waals surface area contributed by atoms with Crippen molar-refractivity contribution in [2.45, 2.75) is 25.7 Å². The number of piperidine rings is 1. The topological polar surface area (TPSA) is 87.3 Å². The molecule has 3 amide bonds. The van der Waals surface area contributed by atoms with E-state index in [2.05, 4.69) is 16.0 Å². The lowest BCUT2D eigenvalue weighted by Gasteiger charge is -2.22. The Labute approximate surface area is 153 Å². The zero-order valence-corrected chi connectivity index (χ0v) is 14.9. The third-order valence-electron chi connectivity index (χ3n) is 4.71. The van der Waals surface area contributed by atoms with Crippen molar-refractivity contribution in [1.29, 1.82) is 0 Å². The van der Waals surface area contributed by atoms with Crippen molar-refractivity contribution >= 4 is 30.1 Å². The fourth-order valence-electron chi connectivity index (χ4n) is 3.29. The maximum atomic E-state index is 12.2. The number of amides is 3. The molecule has 2 aliphatic heterocycles. The van der Waals surface area contributed by atoms with Crippen LogP contribution in [0, 0.1) is 11.8 Å². The highest BCUT2D eigenvalue weighted by molar-refractivity contribution is 6.03. The normalized spacial score (nSPS) is 22.9. The molecule has 7 heteroatoms. The Hall–Kier alpha value is -1.92. The Morgan fingerprint density at radius 3 is 2.56 bits per heavy atom. The molecule has 2 saturated heterocycles. The molecular formula is C18H24ClN3O3. The van der Waals surface area contributed by atoms with Crippen molar-refractivity contribution in [3.8, 4) is 0 Å². The Bertz CT molecular complexity index is 627. The van der Waals surface area contributed by atoms with Gasteiger partial charge in [0.05, 0.1) is 5.92 Å². The second-order valence-electron chi connectivity index (χ2n) is 6.64. The van der Waals surface area contributed by atoms with Gasteiger partial charge in [-0.15, -0.1) is 12.4 Å². The summed E-state index contributed by atoms with van der Waals surface area (Å²) < 4.78 is 0. The Morgan fingerprint density at radius 1 is 1.20 bits per heavy atom. The molecule has 2 heterocycles. The van der Waals surface area contributed by atoms with Crippen molar-refractivity contribution < 1.29 is 14.4 Å². The molecular weight excluding hydrogens is 342 g/mol. The predicted molar refractivity (Wildman–Crippen MR) is 96.6 cm³/mol. The van der Waals surface area contributed by atoms with E-state index in [0.717, 1.165) is 31.5 Å². The van der Waals surface area contributed by atoms with E-state index in [4.69, 9.17) is 0 Å². The molecule has 6 nitrogen and oxygen atoms in total. The van der Waals surface area contributed by atoms with Crippen molar-refractivity contribution in [3.63, 3.8) is 0 Å². The van der Waals surface area contributed by atoms with Crippen LogP contribution >= 0.6 is 12.4 Å². The monoisotopic (exact) mass is 365 g/mol. The van der Waals surface area contributed by atoms with Gasteiger partial charge in [-0.3, -0.25) is 19.7 Å². The van der Waals surface area contributed by atoms with Gasteiger partial charge in [-0.25, -0.2) is 0 Å². The van der Waals surface area contributed by atoms with Gasteiger partial charge in [0.15, 0.2) is 0 Å². The highest BCUT2D eigenvalue weighted by Gasteiger charge is 2.30. The van der Waals surface area contributed by atoms with Gasteiger partial charge in [-0.05, 0) is 56.0 Å². The molecule has 25 heavy (non-hydrogen) atoms. The molecule has 3 rings (SSSR count). The molecule has 0 aliphatic carbocycles. The molecule has 136 valence electrons. The summed E-state index contributed by atoms with van der Waals surface area (Å²) in [6.07, 6.45) is 3.07. The number of imide groups is 1. The molecule has 1 aromatic carbocycles. The Morgan fingerprint density at radius 2 is 1.96 bits per heavy atom. The number of halogens is 1. The first-order valence-corrected chi connectivity index (χ1v) is 8.53. The number of hydrogen-bond donors (Lipinski definition) is 3. The molecule has 3 N–H and O–H groups in total. The largest absolute Gasteiger partial charge is 0.352 e. The molecule has 0 spiro atoms. The van der Waals surface area contributed by atoms with Crippen LogP contribution in [0.1, 0.15) is 35.2 Å². The fraction of sp³-hybridized carbons (Fsp3) is 0.500. The van der Waals surface area contributed by atoms with Crippen LogP contribution in [0.4, 0.5) is 0 Å². The van der Waals surface area contributed by atoms with E-state index in [1.54, 1.807) is 12.1 Å². The van der Waals surface area contributed by atoms with Crippen LogP contribution in [-0.4, -0.2) is 37.4 Å². The zero-order valence-electron chi connectivity index (χ0n) is 14.0. The molecule has 0 aromatic heterocycles. The number of rotatable bonds is 5. The first-order valence-electron chi connectivity index (χ1n) is 8.53. The fourth-order valence-corrected chi connectivity index (χ4v) is 3.29. The highest BCUT2D eigenvalue weighted by Crippen LogP contribution is 2.18. The average Bonchev–Trinajstić information content (AvgIpc) is 2.91. The Kier molecular flexibility index (Phi) is 6.96. The third kappa shape index (κ3) is 5.28. The molecule has 0 radical (unpaired) electrons. The van der Waals surface area contributed by atoms with Crippen LogP contribution in [0.3, 0.4) is 0 Å². The summed E-state index contributed by atoms with van der Waals surface area (Å²) in [6, 6.07) is 7.26. The van der Waals surface area contributed by atoms with Gasteiger partial charge in [-0.2, -0.15) is 0 Å². The van der Waals surface area contributed by atoms with Crippen LogP contribution in [0.15, 0.2) is 24.3 Å². The lowest BCUT2D eigenvalue weighted by molar-refractivity contribution is -0.125. The Balaban J connectivity index is 0.00000225. The molecule has 2 aliphatic rings. The second kappa shape index (κ2) is 8.97. The van der Waals surface area contributed by atoms with Gasteiger partial charge in [0.25, 0.3) is 5.91 Å².